The Labute approximate surface area is 132 Å². The molecule has 2 aliphatic heterocycles. The van der Waals surface area contributed by atoms with Gasteiger partial charge in [-0.25, -0.2) is 0 Å². The van der Waals surface area contributed by atoms with Crippen molar-refractivity contribution in [2.24, 2.45) is 0 Å². The smallest absolute Gasteiger partial charge is 0.0883 e. The summed E-state index contributed by atoms with van der Waals surface area (Å²) in [6.45, 7) is 1.93. The molecular formula is C20H23NO. The molecule has 2 heterocycles. The third kappa shape index (κ3) is 2.47. The predicted octanol–water partition coefficient (Wildman–Crippen LogP) is 4.05. The highest BCUT2D eigenvalue weighted by atomic mass is 16.5. The van der Waals surface area contributed by atoms with E-state index < -0.39 is 0 Å². The minimum atomic E-state index is -0.0416. The van der Waals surface area contributed by atoms with Crippen LogP contribution in [0.4, 0.5) is 0 Å². The zero-order valence-corrected chi connectivity index (χ0v) is 12.9. The van der Waals surface area contributed by atoms with Crippen molar-refractivity contribution >= 4 is 0 Å². The topological polar surface area (TPSA) is 21.3 Å². The molecule has 3 atom stereocenters. The van der Waals surface area contributed by atoms with Gasteiger partial charge in [0.1, 0.15) is 0 Å². The molecule has 0 saturated carbocycles. The molecule has 0 aromatic heterocycles. The fraction of sp³-hybridized carbons (Fsp3) is 0.400. The first-order valence-corrected chi connectivity index (χ1v) is 8.35. The number of hydrogen-bond donors (Lipinski definition) is 1. The van der Waals surface area contributed by atoms with Crippen LogP contribution < -0.4 is 5.32 Å². The predicted molar refractivity (Wildman–Crippen MR) is 88.9 cm³/mol. The van der Waals surface area contributed by atoms with Crippen LogP contribution in [-0.4, -0.2) is 18.8 Å². The summed E-state index contributed by atoms with van der Waals surface area (Å²) in [7, 11) is 0. The van der Waals surface area contributed by atoms with Gasteiger partial charge in [0.15, 0.2) is 0 Å². The molecule has 2 aliphatic rings. The van der Waals surface area contributed by atoms with Gasteiger partial charge in [-0.15, -0.1) is 0 Å². The van der Waals surface area contributed by atoms with E-state index >= 15 is 0 Å². The number of ether oxygens (including phenoxy) is 1. The maximum atomic E-state index is 6.45. The molecule has 0 radical (unpaired) electrons. The van der Waals surface area contributed by atoms with Gasteiger partial charge in [-0.1, -0.05) is 60.7 Å². The minimum absolute atomic E-state index is 0.0416. The van der Waals surface area contributed by atoms with Gasteiger partial charge in [-0.3, -0.25) is 0 Å². The van der Waals surface area contributed by atoms with Crippen LogP contribution in [0.25, 0.3) is 0 Å². The summed E-state index contributed by atoms with van der Waals surface area (Å²) in [4.78, 5) is 0. The van der Waals surface area contributed by atoms with Crippen molar-refractivity contribution in [3.63, 3.8) is 0 Å². The highest BCUT2D eigenvalue weighted by Crippen LogP contribution is 2.48. The van der Waals surface area contributed by atoms with E-state index in [0.717, 1.165) is 26.0 Å². The van der Waals surface area contributed by atoms with E-state index in [1.165, 1.54) is 17.5 Å². The molecule has 2 aromatic carbocycles. The van der Waals surface area contributed by atoms with Crippen LogP contribution in [0.15, 0.2) is 60.7 Å². The van der Waals surface area contributed by atoms with Crippen LogP contribution >= 0.6 is 0 Å². The van der Waals surface area contributed by atoms with Gasteiger partial charge < -0.3 is 10.1 Å². The lowest BCUT2D eigenvalue weighted by Gasteiger charge is -2.41. The lowest BCUT2D eigenvalue weighted by molar-refractivity contribution is -0.0484. The summed E-state index contributed by atoms with van der Waals surface area (Å²) in [6, 6.07) is 21.9. The van der Waals surface area contributed by atoms with Crippen molar-refractivity contribution in [3.8, 4) is 0 Å². The third-order valence-electron chi connectivity index (χ3n) is 5.22. The van der Waals surface area contributed by atoms with Crippen molar-refractivity contribution in [3.05, 3.63) is 71.8 Å². The molecule has 1 spiro atoms. The molecule has 2 nitrogen and oxygen atoms in total. The monoisotopic (exact) mass is 293 g/mol. The molecule has 1 N–H and O–H groups in total. The molecule has 2 aromatic rings. The number of benzene rings is 2. The van der Waals surface area contributed by atoms with Crippen molar-refractivity contribution in [1.29, 1.82) is 0 Å². The van der Waals surface area contributed by atoms with E-state index in [2.05, 4.69) is 66.0 Å². The molecule has 0 amide bonds. The minimum Gasteiger partial charge on any atom is -0.372 e. The van der Waals surface area contributed by atoms with Crippen molar-refractivity contribution in [2.45, 2.75) is 36.8 Å². The van der Waals surface area contributed by atoms with Gasteiger partial charge in [0.25, 0.3) is 0 Å². The zero-order chi connectivity index (χ0) is 14.8. The van der Waals surface area contributed by atoms with Crippen LogP contribution in [0.1, 0.15) is 42.3 Å². The highest BCUT2D eigenvalue weighted by molar-refractivity contribution is 5.27. The summed E-state index contributed by atoms with van der Waals surface area (Å²) in [5.41, 5.74) is 2.73. The molecule has 22 heavy (non-hydrogen) atoms. The maximum absolute atomic E-state index is 6.45. The first-order valence-electron chi connectivity index (χ1n) is 8.35. The number of piperidine rings is 1. The number of hydrogen-bond acceptors (Lipinski definition) is 2. The second-order valence-electron chi connectivity index (χ2n) is 6.59. The second-order valence-corrected chi connectivity index (χ2v) is 6.59. The standard InChI is InChI=1S/C20H23NO/c1-3-8-16(9-4-1)18-14-20(22-15-18)12-7-13-21-19(20)17-10-5-2-6-11-17/h1-6,8-11,18-19,21H,7,12-15H2/t18?,19?,20-/m1/s1. The Kier molecular flexibility index (Phi) is 3.73. The van der Waals surface area contributed by atoms with E-state index in [1.54, 1.807) is 0 Å². The molecule has 4 rings (SSSR count). The fourth-order valence-corrected chi connectivity index (χ4v) is 4.15. The Morgan fingerprint density at radius 2 is 1.59 bits per heavy atom. The Balaban J connectivity index is 1.62. The third-order valence-corrected chi connectivity index (χ3v) is 5.22. The van der Waals surface area contributed by atoms with E-state index in [4.69, 9.17) is 4.74 Å². The molecule has 2 fully saturated rings. The first-order chi connectivity index (χ1) is 10.9. The number of rotatable bonds is 2. The van der Waals surface area contributed by atoms with E-state index in [9.17, 15) is 0 Å². The van der Waals surface area contributed by atoms with Crippen LogP contribution in [0.2, 0.25) is 0 Å². The van der Waals surface area contributed by atoms with E-state index in [-0.39, 0.29) is 5.60 Å². The Bertz CT molecular complexity index is 612. The number of nitrogens with one attached hydrogen (secondary N) is 1. The highest BCUT2D eigenvalue weighted by Gasteiger charge is 2.48. The second kappa shape index (κ2) is 5.86. The summed E-state index contributed by atoms with van der Waals surface area (Å²) >= 11 is 0. The van der Waals surface area contributed by atoms with Crippen LogP contribution in [0.3, 0.4) is 0 Å². The SMILES string of the molecule is c1ccc(C2CO[C@]3(CCCNC3c3ccccc3)C2)cc1. The Hall–Kier alpha value is -1.64. The lowest BCUT2D eigenvalue weighted by atomic mass is 9.77. The van der Waals surface area contributed by atoms with Gasteiger partial charge in [0, 0.05) is 5.92 Å². The van der Waals surface area contributed by atoms with Crippen LogP contribution in [0.5, 0.6) is 0 Å². The van der Waals surface area contributed by atoms with Gasteiger partial charge in [-0.2, -0.15) is 0 Å². The van der Waals surface area contributed by atoms with Crippen molar-refractivity contribution in [2.75, 3.05) is 13.2 Å². The van der Waals surface area contributed by atoms with Crippen LogP contribution in [0, 0.1) is 0 Å². The average molecular weight is 293 g/mol. The average Bonchev–Trinajstić information content (AvgIpc) is 3.01. The summed E-state index contributed by atoms with van der Waals surface area (Å²) in [5, 5.41) is 3.72. The molecule has 0 aliphatic carbocycles. The maximum Gasteiger partial charge on any atom is 0.0883 e. The fourth-order valence-electron chi connectivity index (χ4n) is 4.15. The molecule has 114 valence electrons. The van der Waals surface area contributed by atoms with Crippen molar-refractivity contribution < 1.29 is 4.74 Å². The molecule has 2 heteroatoms. The summed E-state index contributed by atoms with van der Waals surface area (Å²) in [5.74, 6) is 0.521. The van der Waals surface area contributed by atoms with Gasteiger partial charge in [0.05, 0.1) is 18.2 Å². The molecule has 2 saturated heterocycles. The largest absolute Gasteiger partial charge is 0.372 e. The Morgan fingerprint density at radius 3 is 2.32 bits per heavy atom. The first kappa shape index (κ1) is 14.0. The normalized spacial score (nSPS) is 31.5. The summed E-state index contributed by atoms with van der Waals surface area (Å²) in [6.07, 6.45) is 3.47. The zero-order valence-electron chi connectivity index (χ0n) is 12.9. The Morgan fingerprint density at radius 1 is 0.909 bits per heavy atom. The molecule has 2 unspecified atom stereocenters. The lowest BCUT2D eigenvalue weighted by Crippen LogP contribution is -2.48. The van der Waals surface area contributed by atoms with Gasteiger partial charge in [-0.05, 0) is 36.9 Å². The van der Waals surface area contributed by atoms with E-state index in [0.29, 0.717) is 12.0 Å². The summed E-state index contributed by atoms with van der Waals surface area (Å²) < 4.78 is 6.45. The van der Waals surface area contributed by atoms with Gasteiger partial charge >= 0.3 is 0 Å². The molecular weight excluding hydrogens is 270 g/mol. The van der Waals surface area contributed by atoms with E-state index in [1.807, 2.05) is 0 Å². The van der Waals surface area contributed by atoms with Crippen molar-refractivity contribution in [1.82, 2.24) is 5.32 Å². The van der Waals surface area contributed by atoms with Crippen LogP contribution in [-0.2, 0) is 4.74 Å². The quantitative estimate of drug-likeness (QED) is 0.902. The molecule has 0 bridgehead atoms. The van der Waals surface area contributed by atoms with Gasteiger partial charge in [0.2, 0.25) is 0 Å².